The zero-order chi connectivity index (χ0) is 15.4. The molecule has 0 unspecified atom stereocenters. The molecule has 0 saturated carbocycles. The molecule has 2 rings (SSSR count). The summed E-state index contributed by atoms with van der Waals surface area (Å²) in [5.41, 5.74) is 2.12. The van der Waals surface area contributed by atoms with Crippen LogP contribution in [0.2, 0.25) is 0 Å². The molecule has 0 aromatic carbocycles. The van der Waals surface area contributed by atoms with E-state index in [1.165, 1.54) is 24.5 Å². The molecule has 0 atom stereocenters. The van der Waals surface area contributed by atoms with Gasteiger partial charge >= 0.3 is 5.97 Å². The van der Waals surface area contributed by atoms with Crippen molar-refractivity contribution in [1.82, 2.24) is 9.78 Å². The van der Waals surface area contributed by atoms with Crippen LogP contribution in [0.3, 0.4) is 0 Å². The number of thiophene rings is 1. The van der Waals surface area contributed by atoms with Gasteiger partial charge in [0, 0.05) is 19.3 Å². The number of anilines is 1. The van der Waals surface area contributed by atoms with E-state index in [9.17, 15) is 9.59 Å². The van der Waals surface area contributed by atoms with Crippen molar-refractivity contribution in [3.63, 3.8) is 0 Å². The average Bonchev–Trinajstić information content (AvgIpc) is 3.03. The van der Waals surface area contributed by atoms with Crippen molar-refractivity contribution >= 4 is 35.0 Å². The molecule has 0 bridgehead atoms. The van der Waals surface area contributed by atoms with Crippen molar-refractivity contribution in [1.29, 1.82) is 0 Å². The van der Waals surface area contributed by atoms with E-state index in [2.05, 4.69) is 10.4 Å². The van der Waals surface area contributed by atoms with Gasteiger partial charge in [-0.15, -0.1) is 11.3 Å². The number of hydrogen-bond donors (Lipinski definition) is 1. The minimum Gasteiger partial charge on any atom is -0.465 e. The first-order valence-electron chi connectivity index (χ1n) is 6.16. The molecule has 21 heavy (non-hydrogen) atoms. The molecule has 2 aromatic rings. The molecule has 2 heterocycles. The first kappa shape index (κ1) is 15.0. The van der Waals surface area contributed by atoms with E-state index in [1.807, 2.05) is 6.92 Å². The van der Waals surface area contributed by atoms with E-state index >= 15 is 0 Å². The topological polar surface area (TPSA) is 73.2 Å². The fourth-order valence-corrected chi connectivity index (χ4v) is 2.64. The number of rotatable bonds is 4. The molecule has 1 amide bonds. The van der Waals surface area contributed by atoms with Crippen molar-refractivity contribution < 1.29 is 14.3 Å². The second kappa shape index (κ2) is 6.36. The number of methoxy groups -OCH3 is 1. The highest BCUT2D eigenvalue weighted by atomic mass is 32.1. The van der Waals surface area contributed by atoms with Gasteiger partial charge < -0.3 is 10.1 Å². The number of hydrogen-bond acceptors (Lipinski definition) is 5. The molecule has 0 fully saturated rings. The minimum atomic E-state index is -0.459. The van der Waals surface area contributed by atoms with Crippen LogP contribution in [0.1, 0.15) is 20.9 Å². The van der Waals surface area contributed by atoms with Gasteiger partial charge in [-0.1, -0.05) is 0 Å². The molecule has 0 aliphatic heterocycles. The van der Waals surface area contributed by atoms with Gasteiger partial charge in [-0.05, 0) is 30.0 Å². The number of nitrogens with one attached hydrogen (secondary N) is 1. The number of aromatic nitrogens is 2. The van der Waals surface area contributed by atoms with Crippen LogP contribution in [0.15, 0.2) is 23.7 Å². The lowest BCUT2D eigenvalue weighted by molar-refractivity contribution is -0.111. The van der Waals surface area contributed by atoms with Crippen LogP contribution in [0.4, 0.5) is 5.69 Å². The molecule has 0 aliphatic carbocycles. The van der Waals surface area contributed by atoms with Crippen molar-refractivity contribution in [2.24, 2.45) is 7.05 Å². The maximum Gasteiger partial charge on any atom is 0.350 e. The third-order valence-corrected chi connectivity index (χ3v) is 3.94. The van der Waals surface area contributed by atoms with E-state index in [-0.39, 0.29) is 5.91 Å². The highest BCUT2D eigenvalue weighted by molar-refractivity contribution is 7.12. The normalized spacial score (nSPS) is 10.8. The van der Waals surface area contributed by atoms with Crippen molar-refractivity contribution in [2.75, 3.05) is 12.4 Å². The predicted molar refractivity (Wildman–Crippen MR) is 81.3 cm³/mol. The van der Waals surface area contributed by atoms with Crippen LogP contribution < -0.4 is 5.32 Å². The van der Waals surface area contributed by atoms with E-state index < -0.39 is 5.97 Å². The first-order valence-corrected chi connectivity index (χ1v) is 7.04. The Labute approximate surface area is 126 Å². The van der Waals surface area contributed by atoms with Gasteiger partial charge in [0.25, 0.3) is 0 Å². The average molecular weight is 305 g/mol. The van der Waals surface area contributed by atoms with Gasteiger partial charge in [0.15, 0.2) is 0 Å². The summed E-state index contributed by atoms with van der Waals surface area (Å²) in [7, 11) is 3.10. The smallest absolute Gasteiger partial charge is 0.350 e. The van der Waals surface area contributed by atoms with Crippen molar-refractivity contribution in [3.8, 4) is 0 Å². The fraction of sp³-hybridized carbons (Fsp3) is 0.214. The minimum absolute atomic E-state index is 0.317. The zero-order valence-electron chi connectivity index (χ0n) is 11.9. The predicted octanol–water partition coefficient (Wildman–Crippen LogP) is 2.23. The summed E-state index contributed by atoms with van der Waals surface area (Å²) in [6, 6.07) is 1.79. The number of ether oxygens (including phenoxy) is 1. The Kier molecular flexibility index (Phi) is 4.54. The summed E-state index contributed by atoms with van der Waals surface area (Å²) < 4.78 is 6.35. The molecule has 0 radical (unpaired) electrons. The molecule has 6 nitrogen and oxygen atoms in total. The lowest BCUT2D eigenvalue weighted by Gasteiger charge is -2.04. The molecule has 0 saturated heterocycles. The summed E-state index contributed by atoms with van der Waals surface area (Å²) in [6.07, 6.45) is 4.70. The van der Waals surface area contributed by atoms with Gasteiger partial charge in [-0.3, -0.25) is 9.48 Å². The van der Waals surface area contributed by atoms with E-state index in [1.54, 1.807) is 35.4 Å². The first-order chi connectivity index (χ1) is 10.0. The largest absolute Gasteiger partial charge is 0.465 e. The Morgan fingerprint density at radius 1 is 1.48 bits per heavy atom. The van der Waals surface area contributed by atoms with Gasteiger partial charge in [-0.2, -0.15) is 5.10 Å². The number of carbonyl (C=O) groups is 2. The number of nitrogens with zero attached hydrogens (tertiary/aromatic N) is 2. The molecule has 110 valence electrons. The van der Waals surface area contributed by atoms with Crippen LogP contribution >= 0.6 is 11.3 Å². The standard InChI is InChI=1S/C14H15N3O3S/c1-9-8-21-13(14(19)20-3)12(9)16-11(18)5-4-10-6-7-15-17(10)2/h4-8H,1-3H3,(H,16,18)/b5-4+. The summed E-state index contributed by atoms with van der Waals surface area (Å²) in [5, 5.41) is 8.52. The van der Waals surface area contributed by atoms with Crippen LogP contribution in [0.5, 0.6) is 0 Å². The lowest BCUT2D eigenvalue weighted by atomic mass is 10.2. The Bertz CT molecular complexity index is 700. The maximum absolute atomic E-state index is 12.0. The third-order valence-electron chi connectivity index (χ3n) is 2.86. The third kappa shape index (κ3) is 3.38. The SMILES string of the molecule is COC(=O)c1scc(C)c1NC(=O)/C=C/c1ccnn1C. The molecule has 1 N–H and O–H groups in total. The van der Waals surface area contributed by atoms with Crippen molar-refractivity contribution in [2.45, 2.75) is 6.92 Å². The second-order valence-electron chi connectivity index (χ2n) is 4.32. The molecule has 0 aliphatic rings. The highest BCUT2D eigenvalue weighted by Gasteiger charge is 2.17. The number of esters is 1. The number of carbonyl (C=O) groups excluding carboxylic acids is 2. The number of amides is 1. The molecular formula is C14H15N3O3S. The second-order valence-corrected chi connectivity index (χ2v) is 5.20. The monoisotopic (exact) mass is 305 g/mol. The van der Waals surface area contributed by atoms with Crippen LogP contribution in [0, 0.1) is 6.92 Å². The molecular weight excluding hydrogens is 290 g/mol. The summed E-state index contributed by atoms with van der Waals surface area (Å²) >= 11 is 1.24. The van der Waals surface area contributed by atoms with Gasteiger partial charge in [0.05, 0.1) is 18.5 Å². The van der Waals surface area contributed by atoms with E-state index in [0.29, 0.717) is 10.6 Å². The number of aryl methyl sites for hydroxylation is 2. The Morgan fingerprint density at radius 3 is 2.86 bits per heavy atom. The van der Waals surface area contributed by atoms with Crippen LogP contribution in [0.25, 0.3) is 6.08 Å². The quantitative estimate of drug-likeness (QED) is 0.694. The maximum atomic E-state index is 12.0. The van der Waals surface area contributed by atoms with Crippen molar-refractivity contribution in [3.05, 3.63) is 39.9 Å². The Balaban J connectivity index is 2.13. The Morgan fingerprint density at radius 2 is 2.24 bits per heavy atom. The summed E-state index contributed by atoms with van der Waals surface area (Å²) in [4.78, 5) is 24.0. The summed E-state index contributed by atoms with van der Waals surface area (Å²) in [5.74, 6) is -0.776. The van der Waals surface area contributed by atoms with E-state index in [4.69, 9.17) is 4.74 Å². The molecule has 7 heteroatoms. The van der Waals surface area contributed by atoms with Gasteiger partial charge in [-0.25, -0.2) is 4.79 Å². The zero-order valence-corrected chi connectivity index (χ0v) is 12.7. The molecule has 0 spiro atoms. The van der Waals surface area contributed by atoms with Gasteiger partial charge in [0.1, 0.15) is 4.88 Å². The Hall–Kier alpha value is -2.41. The fourth-order valence-electron chi connectivity index (χ4n) is 1.72. The van der Waals surface area contributed by atoms with Gasteiger partial charge in [0.2, 0.25) is 5.91 Å². The lowest BCUT2D eigenvalue weighted by Crippen LogP contribution is -2.12. The van der Waals surface area contributed by atoms with E-state index in [0.717, 1.165) is 11.3 Å². The van der Waals surface area contributed by atoms with Crippen LogP contribution in [-0.2, 0) is 16.6 Å². The highest BCUT2D eigenvalue weighted by Crippen LogP contribution is 2.28. The van der Waals surface area contributed by atoms with Crippen LogP contribution in [-0.4, -0.2) is 28.8 Å². The molecule has 2 aromatic heterocycles. The summed E-state index contributed by atoms with van der Waals surface area (Å²) in [6.45, 7) is 1.82.